The van der Waals surface area contributed by atoms with Crippen LogP contribution in [0.3, 0.4) is 0 Å². The van der Waals surface area contributed by atoms with E-state index in [9.17, 15) is 9.59 Å². The minimum Gasteiger partial charge on any atom is -0.462 e. The highest BCUT2D eigenvalue weighted by molar-refractivity contribution is 5.92. The highest BCUT2D eigenvalue weighted by atomic mass is 16.5. The first-order valence-electron chi connectivity index (χ1n) is 11.6. The van der Waals surface area contributed by atoms with Crippen LogP contribution in [0.2, 0.25) is 0 Å². The molecular formula is C23H33N7O3. The summed E-state index contributed by atoms with van der Waals surface area (Å²) >= 11 is 0. The zero-order chi connectivity index (χ0) is 23.6. The van der Waals surface area contributed by atoms with Crippen LogP contribution in [-0.2, 0) is 16.8 Å². The second-order valence-electron chi connectivity index (χ2n) is 9.80. The zero-order valence-electron chi connectivity index (χ0n) is 19.7. The number of nitrogens with zero attached hydrogens (tertiary/aromatic N) is 5. The van der Waals surface area contributed by atoms with E-state index in [0.717, 1.165) is 38.1 Å². The Morgan fingerprint density at radius 2 is 1.79 bits per heavy atom. The van der Waals surface area contributed by atoms with Crippen molar-refractivity contribution in [2.75, 3.05) is 11.9 Å². The molecule has 2 aromatic rings. The van der Waals surface area contributed by atoms with Crippen molar-refractivity contribution >= 4 is 17.7 Å². The van der Waals surface area contributed by atoms with Crippen molar-refractivity contribution in [3.63, 3.8) is 0 Å². The number of nitrogens with one attached hydrogen (secondary N) is 2. The molecule has 4 rings (SSSR count). The molecule has 0 radical (unpaired) electrons. The summed E-state index contributed by atoms with van der Waals surface area (Å²) in [6.07, 6.45) is 4.05. The van der Waals surface area contributed by atoms with E-state index in [1.165, 1.54) is 0 Å². The van der Waals surface area contributed by atoms with Gasteiger partial charge in [0.15, 0.2) is 5.82 Å². The van der Waals surface area contributed by atoms with Gasteiger partial charge in [0.25, 0.3) is 0 Å². The van der Waals surface area contributed by atoms with Gasteiger partial charge in [-0.1, -0.05) is 0 Å². The number of amides is 2. The number of fused-ring (bicyclic) bond motifs is 2. The van der Waals surface area contributed by atoms with Crippen molar-refractivity contribution in [2.45, 2.75) is 83.6 Å². The van der Waals surface area contributed by atoms with Crippen LogP contribution in [0.1, 0.15) is 69.6 Å². The standard InChI is InChI=1S/C23H33N7O3/c1-5-33-21(31)15-6-8-16(9-7-15)24-22(32)25-17-12-18-10-11-19(13-17)29(18)14-20-26-27-28-30(20)23(2,3)4/h6-9,17-19H,5,10-14H2,1-4H3,(H2,24,25,32)/t17?,18-,19+. The minimum atomic E-state index is -0.368. The summed E-state index contributed by atoms with van der Waals surface area (Å²) in [5.41, 5.74) is 0.934. The lowest BCUT2D eigenvalue weighted by atomic mass is 9.97. The number of urea groups is 1. The number of esters is 1. The molecule has 0 aliphatic carbocycles. The van der Waals surface area contributed by atoms with Crippen LogP contribution in [-0.4, -0.2) is 61.8 Å². The Morgan fingerprint density at radius 1 is 1.12 bits per heavy atom. The smallest absolute Gasteiger partial charge is 0.338 e. The maximum atomic E-state index is 12.6. The third-order valence-electron chi connectivity index (χ3n) is 6.37. The van der Waals surface area contributed by atoms with Crippen LogP contribution >= 0.6 is 0 Å². The van der Waals surface area contributed by atoms with Gasteiger partial charge in [0.05, 0.1) is 24.3 Å². The predicted octanol–water partition coefficient (Wildman–Crippen LogP) is 2.92. The molecular weight excluding hydrogens is 422 g/mol. The first-order chi connectivity index (χ1) is 15.7. The molecule has 1 unspecified atom stereocenters. The molecule has 10 nitrogen and oxygen atoms in total. The molecule has 2 aliphatic heterocycles. The van der Waals surface area contributed by atoms with Gasteiger partial charge in [-0.3, -0.25) is 4.90 Å². The van der Waals surface area contributed by atoms with Crippen molar-refractivity contribution in [3.05, 3.63) is 35.7 Å². The van der Waals surface area contributed by atoms with E-state index in [1.807, 2.05) is 4.68 Å². The third-order valence-corrected chi connectivity index (χ3v) is 6.37. The molecule has 3 atom stereocenters. The number of hydrogen-bond donors (Lipinski definition) is 2. The number of carbonyl (C=O) groups is 2. The number of rotatable bonds is 6. The number of benzene rings is 1. The fourth-order valence-electron chi connectivity index (χ4n) is 4.90. The van der Waals surface area contributed by atoms with E-state index in [2.05, 4.69) is 51.8 Å². The van der Waals surface area contributed by atoms with Crippen LogP contribution in [0.4, 0.5) is 10.5 Å². The molecule has 2 fully saturated rings. The molecule has 2 bridgehead atoms. The second kappa shape index (κ2) is 9.46. The van der Waals surface area contributed by atoms with Gasteiger partial charge in [-0.15, -0.1) is 5.10 Å². The van der Waals surface area contributed by atoms with Crippen LogP contribution in [0.25, 0.3) is 0 Å². The van der Waals surface area contributed by atoms with Gasteiger partial charge in [-0.05, 0) is 88.1 Å². The van der Waals surface area contributed by atoms with Gasteiger partial charge in [0.1, 0.15) is 0 Å². The van der Waals surface area contributed by atoms with Gasteiger partial charge in [0.2, 0.25) is 0 Å². The van der Waals surface area contributed by atoms with Crippen LogP contribution in [0, 0.1) is 0 Å². The summed E-state index contributed by atoms with van der Waals surface area (Å²) in [7, 11) is 0. The van der Waals surface area contributed by atoms with Crippen molar-refractivity contribution in [1.82, 2.24) is 30.4 Å². The summed E-state index contributed by atoms with van der Waals surface area (Å²) in [6, 6.07) is 7.42. The summed E-state index contributed by atoms with van der Waals surface area (Å²) in [5.74, 6) is 0.516. The summed E-state index contributed by atoms with van der Waals surface area (Å²) in [6.45, 7) is 9.12. The van der Waals surface area contributed by atoms with Gasteiger partial charge >= 0.3 is 12.0 Å². The summed E-state index contributed by atoms with van der Waals surface area (Å²) in [4.78, 5) is 26.8. The van der Waals surface area contributed by atoms with E-state index in [4.69, 9.17) is 4.74 Å². The number of ether oxygens (including phenoxy) is 1. The molecule has 10 heteroatoms. The van der Waals surface area contributed by atoms with E-state index in [1.54, 1.807) is 31.2 Å². The first-order valence-corrected chi connectivity index (χ1v) is 11.6. The van der Waals surface area contributed by atoms with Crippen molar-refractivity contribution in [3.8, 4) is 0 Å². The Kier molecular flexibility index (Phi) is 6.64. The lowest BCUT2D eigenvalue weighted by Gasteiger charge is -2.39. The largest absolute Gasteiger partial charge is 0.462 e. The Bertz CT molecular complexity index is 969. The van der Waals surface area contributed by atoms with E-state index >= 15 is 0 Å². The van der Waals surface area contributed by atoms with E-state index in [-0.39, 0.29) is 23.6 Å². The molecule has 178 valence electrons. The molecule has 0 spiro atoms. The lowest BCUT2D eigenvalue weighted by Crippen LogP contribution is -2.51. The Labute approximate surface area is 194 Å². The Balaban J connectivity index is 1.31. The number of anilines is 1. The normalized spacial score (nSPS) is 22.7. The second-order valence-corrected chi connectivity index (χ2v) is 9.80. The van der Waals surface area contributed by atoms with Crippen molar-refractivity contribution in [1.29, 1.82) is 0 Å². The van der Waals surface area contributed by atoms with Crippen LogP contribution in [0.5, 0.6) is 0 Å². The van der Waals surface area contributed by atoms with E-state index in [0.29, 0.717) is 29.9 Å². The maximum absolute atomic E-state index is 12.6. The molecule has 2 saturated heterocycles. The molecule has 2 amide bonds. The Hall–Kier alpha value is -3.01. The molecule has 2 aliphatic rings. The molecule has 2 N–H and O–H groups in total. The number of piperidine rings is 1. The molecule has 1 aromatic carbocycles. The fourth-order valence-corrected chi connectivity index (χ4v) is 4.90. The highest BCUT2D eigenvalue weighted by Crippen LogP contribution is 2.37. The Morgan fingerprint density at radius 3 is 2.39 bits per heavy atom. The lowest BCUT2D eigenvalue weighted by molar-refractivity contribution is 0.0526. The molecule has 33 heavy (non-hydrogen) atoms. The SMILES string of the molecule is CCOC(=O)c1ccc(NC(=O)NC2C[C@H]3CC[C@@H](C2)N3Cc2nnnn2C(C)(C)C)cc1. The fraction of sp³-hybridized carbons (Fsp3) is 0.609. The van der Waals surface area contributed by atoms with Crippen molar-refractivity contribution < 1.29 is 14.3 Å². The first kappa shape index (κ1) is 23.2. The average Bonchev–Trinajstić information content (AvgIpc) is 3.31. The summed E-state index contributed by atoms with van der Waals surface area (Å²) in [5, 5.41) is 18.3. The summed E-state index contributed by atoms with van der Waals surface area (Å²) < 4.78 is 6.89. The predicted molar refractivity (Wildman–Crippen MR) is 123 cm³/mol. The van der Waals surface area contributed by atoms with Crippen molar-refractivity contribution in [2.24, 2.45) is 0 Å². The quantitative estimate of drug-likeness (QED) is 0.644. The van der Waals surface area contributed by atoms with Crippen LogP contribution < -0.4 is 10.6 Å². The minimum absolute atomic E-state index is 0.121. The number of carbonyl (C=O) groups excluding carboxylic acids is 2. The number of aromatic nitrogens is 4. The van der Waals surface area contributed by atoms with Crippen LogP contribution in [0.15, 0.2) is 24.3 Å². The average molecular weight is 456 g/mol. The molecule has 1 aromatic heterocycles. The van der Waals surface area contributed by atoms with Gasteiger partial charge in [-0.25, -0.2) is 14.3 Å². The number of tetrazole rings is 1. The molecule has 0 saturated carbocycles. The number of hydrogen-bond acceptors (Lipinski definition) is 7. The van der Waals surface area contributed by atoms with E-state index < -0.39 is 0 Å². The van der Waals surface area contributed by atoms with Gasteiger partial charge in [-0.2, -0.15) is 0 Å². The van der Waals surface area contributed by atoms with Gasteiger partial charge < -0.3 is 15.4 Å². The maximum Gasteiger partial charge on any atom is 0.338 e. The highest BCUT2D eigenvalue weighted by Gasteiger charge is 2.42. The monoisotopic (exact) mass is 455 g/mol. The topological polar surface area (TPSA) is 114 Å². The van der Waals surface area contributed by atoms with Gasteiger partial charge in [0, 0.05) is 23.8 Å². The zero-order valence-corrected chi connectivity index (χ0v) is 19.7. The molecule has 3 heterocycles. The third kappa shape index (κ3) is 5.32.